The zero-order valence-electron chi connectivity index (χ0n) is 11.0. The average Bonchev–Trinajstić information content (AvgIpc) is 2.48. The van der Waals surface area contributed by atoms with Gasteiger partial charge in [-0.1, -0.05) is 18.2 Å². The summed E-state index contributed by atoms with van der Waals surface area (Å²) in [4.78, 5) is 15.8. The normalized spacial score (nSPS) is 19.7. The molecule has 1 aliphatic rings. The molecular formula is C14H18N4O. The molecular weight excluding hydrogens is 240 g/mol. The maximum atomic E-state index is 12.2. The van der Waals surface area contributed by atoms with Gasteiger partial charge >= 0.3 is 0 Å². The van der Waals surface area contributed by atoms with Crippen LogP contribution in [0.3, 0.4) is 0 Å². The van der Waals surface area contributed by atoms with Crippen LogP contribution in [0.15, 0.2) is 30.3 Å². The second kappa shape index (κ2) is 6.32. The van der Waals surface area contributed by atoms with Crippen LogP contribution in [-0.4, -0.2) is 50.1 Å². The molecule has 100 valence electrons. The van der Waals surface area contributed by atoms with Crippen LogP contribution in [0.5, 0.6) is 0 Å². The van der Waals surface area contributed by atoms with Crippen molar-refractivity contribution >= 4 is 11.6 Å². The summed E-state index contributed by atoms with van der Waals surface area (Å²) in [5.41, 5.74) is 0.871. The third-order valence-electron chi connectivity index (χ3n) is 3.36. The van der Waals surface area contributed by atoms with E-state index in [-0.39, 0.29) is 18.5 Å². The van der Waals surface area contributed by atoms with E-state index in [1.165, 1.54) is 0 Å². The molecule has 1 fully saturated rings. The van der Waals surface area contributed by atoms with Gasteiger partial charge in [-0.3, -0.25) is 9.69 Å². The molecule has 1 aliphatic heterocycles. The Balaban J connectivity index is 1.99. The zero-order valence-corrected chi connectivity index (χ0v) is 11.0. The standard InChI is InChI=1S/C14H18N4O/c1-17(12-5-3-2-4-6-12)14(19)11-18-8-7-16-10-13(18)9-15/h2-6,13,16H,7-8,10-11H2,1H3. The molecule has 0 bridgehead atoms. The van der Waals surface area contributed by atoms with Crippen LogP contribution < -0.4 is 10.2 Å². The van der Waals surface area contributed by atoms with E-state index in [1.807, 2.05) is 35.2 Å². The quantitative estimate of drug-likeness (QED) is 0.855. The van der Waals surface area contributed by atoms with Gasteiger partial charge in [-0.05, 0) is 12.1 Å². The number of nitrogens with one attached hydrogen (secondary N) is 1. The smallest absolute Gasteiger partial charge is 0.240 e. The molecule has 1 heterocycles. The summed E-state index contributed by atoms with van der Waals surface area (Å²) in [5, 5.41) is 12.2. The number of hydrogen-bond donors (Lipinski definition) is 1. The number of hydrogen-bond acceptors (Lipinski definition) is 4. The second-order valence-corrected chi connectivity index (χ2v) is 4.61. The summed E-state index contributed by atoms with van der Waals surface area (Å²) in [5.74, 6) is 0.00773. The van der Waals surface area contributed by atoms with Crippen molar-refractivity contribution < 1.29 is 4.79 Å². The lowest BCUT2D eigenvalue weighted by Crippen LogP contribution is -2.53. The van der Waals surface area contributed by atoms with E-state index in [9.17, 15) is 4.79 Å². The van der Waals surface area contributed by atoms with Crippen molar-refractivity contribution in [2.24, 2.45) is 0 Å². The first-order chi connectivity index (χ1) is 9.22. The molecule has 1 aromatic carbocycles. The number of amides is 1. The number of para-hydroxylation sites is 1. The van der Waals surface area contributed by atoms with E-state index in [0.717, 1.165) is 18.8 Å². The van der Waals surface area contributed by atoms with Gasteiger partial charge in [0.15, 0.2) is 0 Å². The van der Waals surface area contributed by atoms with Crippen LogP contribution in [-0.2, 0) is 4.79 Å². The first-order valence-corrected chi connectivity index (χ1v) is 6.38. The van der Waals surface area contributed by atoms with Crippen molar-refractivity contribution in [3.8, 4) is 6.07 Å². The first-order valence-electron chi connectivity index (χ1n) is 6.38. The highest BCUT2D eigenvalue weighted by Crippen LogP contribution is 2.12. The third kappa shape index (κ3) is 3.31. The molecule has 1 saturated heterocycles. The lowest BCUT2D eigenvalue weighted by atomic mass is 10.2. The minimum atomic E-state index is -0.220. The van der Waals surface area contributed by atoms with E-state index in [2.05, 4.69) is 11.4 Å². The van der Waals surface area contributed by atoms with Gasteiger partial charge in [0.2, 0.25) is 5.91 Å². The molecule has 5 heteroatoms. The molecule has 2 rings (SSSR count). The zero-order chi connectivity index (χ0) is 13.7. The van der Waals surface area contributed by atoms with Crippen molar-refractivity contribution in [2.45, 2.75) is 6.04 Å². The van der Waals surface area contributed by atoms with E-state index in [0.29, 0.717) is 6.54 Å². The fourth-order valence-electron chi connectivity index (χ4n) is 2.14. The van der Waals surface area contributed by atoms with Crippen LogP contribution in [0.1, 0.15) is 0 Å². The molecule has 0 aromatic heterocycles. The lowest BCUT2D eigenvalue weighted by molar-refractivity contribution is -0.119. The lowest BCUT2D eigenvalue weighted by Gasteiger charge is -2.32. The predicted molar refractivity (Wildman–Crippen MR) is 73.7 cm³/mol. The Hall–Kier alpha value is -1.90. The Labute approximate surface area is 113 Å². The molecule has 1 aromatic rings. The summed E-state index contributed by atoms with van der Waals surface area (Å²) in [6.07, 6.45) is 0. The topological polar surface area (TPSA) is 59.4 Å². The average molecular weight is 258 g/mol. The maximum absolute atomic E-state index is 12.2. The number of rotatable bonds is 3. The van der Waals surface area contributed by atoms with Crippen LogP contribution in [0, 0.1) is 11.3 Å². The largest absolute Gasteiger partial charge is 0.314 e. The second-order valence-electron chi connectivity index (χ2n) is 4.61. The van der Waals surface area contributed by atoms with E-state index >= 15 is 0 Å². The number of benzene rings is 1. The van der Waals surface area contributed by atoms with Crippen molar-refractivity contribution in [1.82, 2.24) is 10.2 Å². The molecule has 1 amide bonds. The van der Waals surface area contributed by atoms with Gasteiger partial charge in [-0.25, -0.2) is 0 Å². The highest BCUT2D eigenvalue weighted by molar-refractivity contribution is 5.94. The summed E-state index contributed by atoms with van der Waals surface area (Å²) < 4.78 is 0. The number of carbonyl (C=O) groups excluding carboxylic acids is 1. The minimum Gasteiger partial charge on any atom is -0.314 e. The van der Waals surface area contributed by atoms with Crippen molar-refractivity contribution in [3.05, 3.63) is 30.3 Å². The van der Waals surface area contributed by atoms with Gasteiger partial charge in [0.05, 0.1) is 12.6 Å². The molecule has 19 heavy (non-hydrogen) atoms. The minimum absolute atomic E-state index is 0.00773. The SMILES string of the molecule is CN(C(=O)CN1CCNCC1C#N)c1ccccc1. The van der Waals surface area contributed by atoms with Gasteiger partial charge in [0.1, 0.15) is 6.04 Å². The van der Waals surface area contributed by atoms with E-state index < -0.39 is 0 Å². The van der Waals surface area contributed by atoms with E-state index in [4.69, 9.17) is 5.26 Å². The molecule has 0 aliphatic carbocycles. The van der Waals surface area contributed by atoms with Gasteiger partial charge in [0, 0.05) is 32.4 Å². The summed E-state index contributed by atoms with van der Waals surface area (Å²) in [6.45, 7) is 2.46. The Morgan fingerprint density at radius 3 is 2.95 bits per heavy atom. The fraction of sp³-hybridized carbons (Fsp3) is 0.429. The van der Waals surface area contributed by atoms with Gasteiger partial charge in [-0.2, -0.15) is 5.26 Å². The number of carbonyl (C=O) groups is 1. The molecule has 0 saturated carbocycles. The highest BCUT2D eigenvalue weighted by Gasteiger charge is 2.25. The predicted octanol–water partition coefficient (Wildman–Crippen LogP) is 0.447. The highest BCUT2D eigenvalue weighted by atomic mass is 16.2. The van der Waals surface area contributed by atoms with Crippen LogP contribution in [0.2, 0.25) is 0 Å². The number of likely N-dealkylation sites (N-methyl/N-ethyl adjacent to an activating group) is 1. The summed E-state index contributed by atoms with van der Waals surface area (Å²) >= 11 is 0. The summed E-state index contributed by atoms with van der Waals surface area (Å²) in [6, 6.07) is 11.5. The van der Waals surface area contributed by atoms with Crippen LogP contribution in [0.25, 0.3) is 0 Å². The maximum Gasteiger partial charge on any atom is 0.240 e. The number of anilines is 1. The van der Waals surface area contributed by atoms with Gasteiger partial charge < -0.3 is 10.2 Å². The van der Waals surface area contributed by atoms with Crippen LogP contribution in [0.4, 0.5) is 5.69 Å². The van der Waals surface area contributed by atoms with E-state index in [1.54, 1.807) is 11.9 Å². The number of piperazine rings is 1. The Bertz CT molecular complexity index is 468. The molecule has 5 nitrogen and oxygen atoms in total. The first kappa shape index (κ1) is 13.5. The van der Waals surface area contributed by atoms with Crippen molar-refractivity contribution in [1.29, 1.82) is 5.26 Å². The molecule has 0 spiro atoms. The number of nitriles is 1. The molecule has 0 radical (unpaired) electrons. The molecule has 1 atom stereocenters. The fourth-order valence-corrected chi connectivity index (χ4v) is 2.14. The Kier molecular flexibility index (Phi) is 4.50. The molecule has 1 unspecified atom stereocenters. The van der Waals surface area contributed by atoms with Crippen molar-refractivity contribution in [2.75, 3.05) is 38.1 Å². The van der Waals surface area contributed by atoms with Crippen molar-refractivity contribution in [3.63, 3.8) is 0 Å². The number of nitrogens with zero attached hydrogens (tertiary/aromatic N) is 3. The summed E-state index contributed by atoms with van der Waals surface area (Å²) in [7, 11) is 1.77. The van der Waals surface area contributed by atoms with Gasteiger partial charge in [-0.15, -0.1) is 0 Å². The molecule has 1 N–H and O–H groups in total. The monoisotopic (exact) mass is 258 g/mol. The third-order valence-corrected chi connectivity index (χ3v) is 3.36. The van der Waals surface area contributed by atoms with Gasteiger partial charge in [0.25, 0.3) is 0 Å². The Morgan fingerprint density at radius 1 is 1.53 bits per heavy atom. The van der Waals surface area contributed by atoms with Crippen LogP contribution >= 0.6 is 0 Å². The Morgan fingerprint density at radius 2 is 2.26 bits per heavy atom.